The van der Waals surface area contributed by atoms with Gasteiger partial charge in [-0.25, -0.2) is 4.98 Å². The number of hydrogen-bond acceptors (Lipinski definition) is 2. The van der Waals surface area contributed by atoms with Gasteiger partial charge in [-0.2, -0.15) is 0 Å². The van der Waals surface area contributed by atoms with Gasteiger partial charge < -0.3 is 9.14 Å². The van der Waals surface area contributed by atoms with E-state index in [0.717, 1.165) is 22.7 Å². The van der Waals surface area contributed by atoms with Gasteiger partial charge in [0.15, 0.2) is 0 Å². The zero-order valence-corrected chi connectivity index (χ0v) is 9.50. The summed E-state index contributed by atoms with van der Waals surface area (Å²) >= 11 is 0. The summed E-state index contributed by atoms with van der Waals surface area (Å²) in [5.74, 6) is 0.859. The average Bonchev–Trinajstić information content (AvgIpc) is 2.86. The van der Waals surface area contributed by atoms with Crippen molar-refractivity contribution in [2.45, 2.75) is 0 Å². The van der Waals surface area contributed by atoms with E-state index in [1.807, 2.05) is 59.3 Å². The van der Waals surface area contributed by atoms with Gasteiger partial charge in [0.25, 0.3) is 0 Å². The predicted molar refractivity (Wildman–Crippen MR) is 67.2 cm³/mol. The Hall–Kier alpha value is -2.29. The minimum absolute atomic E-state index is 0.859. The molecule has 0 fully saturated rings. The van der Waals surface area contributed by atoms with E-state index >= 15 is 0 Å². The normalized spacial score (nSPS) is 10.6. The molecule has 2 heterocycles. The van der Waals surface area contributed by atoms with Gasteiger partial charge in [0, 0.05) is 18.0 Å². The number of aromatic nitrogens is 2. The first kappa shape index (κ1) is 9.90. The van der Waals surface area contributed by atoms with Crippen molar-refractivity contribution in [1.82, 2.24) is 9.38 Å². The molecule has 0 atom stereocenters. The average molecular weight is 224 g/mol. The van der Waals surface area contributed by atoms with Crippen LogP contribution in [0.1, 0.15) is 0 Å². The minimum Gasteiger partial charge on any atom is -0.497 e. The van der Waals surface area contributed by atoms with Crippen molar-refractivity contribution in [2.75, 3.05) is 7.11 Å². The molecule has 0 aliphatic heterocycles. The molecule has 1 aromatic carbocycles. The standard InChI is InChI=1S/C14H12N2O/c1-17-12-6-4-11(5-7-12)13-8-10-16-9-2-3-14(16)15-13/h2-10H,1H3. The third-order valence-electron chi connectivity index (χ3n) is 2.77. The summed E-state index contributed by atoms with van der Waals surface area (Å²) in [5, 5.41) is 0. The van der Waals surface area contributed by atoms with E-state index in [9.17, 15) is 0 Å². The van der Waals surface area contributed by atoms with Gasteiger partial charge in [-0.1, -0.05) is 0 Å². The highest BCUT2D eigenvalue weighted by molar-refractivity contribution is 5.62. The van der Waals surface area contributed by atoms with Crippen molar-refractivity contribution in [3.05, 3.63) is 54.9 Å². The summed E-state index contributed by atoms with van der Waals surface area (Å²) in [6.45, 7) is 0. The van der Waals surface area contributed by atoms with Gasteiger partial charge in [0.1, 0.15) is 11.4 Å². The van der Waals surface area contributed by atoms with Crippen molar-refractivity contribution in [3.8, 4) is 17.0 Å². The van der Waals surface area contributed by atoms with Crippen molar-refractivity contribution in [3.63, 3.8) is 0 Å². The van der Waals surface area contributed by atoms with Crippen molar-refractivity contribution in [1.29, 1.82) is 0 Å². The second kappa shape index (κ2) is 3.94. The van der Waals surface area contributed by atoms with Crippen LogP contribution >= 0.6 is 0 Å². The highest BCUT2D eigenvalue weighted by atomic mass is 16.5. The number of ether oxygens (including phenoxy) is 1. The van der Waals surface area contributed by atoms with Crippen LogP contribution in [0.3, 0.4) is 0 Å². The number of rotatable bonds is 2. The Morgan fingerprint density at radius 2 is 1.82 bits per heavy atom. The third kappa shape index (κ3) is 1.76. The highest BCUT2D eigenvalue weighted by Crippen LogP contribution is 2.21. The lowest BCUT2D eigenvalue weighted by atomic mass is 10.1. The third-order valence-corrected chi connectivity index (χ3v) is 2.77. The molecule has 0 radical (unpaired) electrons. The molecule has 3 nitrogen and oxygen atoms in total. The van der Waals surface area contributed by atoms with Gasteiger partial charge in [-0.15, -0.1) is 0 Å². The smallest absolute Gasteiger partial charge is 0.137 e. The van der Waals surface area contributed by atoms with Crippen LogP contribution in [0, 0.1) is 0 Å². The number of benzene rings is 1. The SMILES string of the molecule is COc1ccc(-c2ccn3cccc3n2)cc1. The van der Waals surface area contributed by atoms with E-state index in [1.165, 1.54) is 0 Å². The molecule has 0 aliphatic carbocycles. The zero-order chi connectivity index (χ0) is 11.7. The van der Waals surface area contributed by atoms with E-state index in [1.54, 1.807) is 7.11 Å². The lowest BCUT2D eigenvalue weighted by molar-refractivity contribution is 0.415. The Morgan fingerprint density at radius 1 is 1.00 bits per heavy atom. The molecule has 0 saturated carbocycles. The molecular formula is C14H12N2O. The number of hydrogen-bond donors (Lipinski definition) is 0. The highest BCUT2D eigenvalue weighted by Gasteiger charge is 2.01. The zero-order valence-electron chi connectivity index (χ0n) is 9.50. The molecular weight excluding hydrogens is 212 g/mol. The lowest BCUT2D eigenvalue weighted by Gasteiger charge is -2.03. The molecule has 0 saturated heterocycles. The molecule has 0 amide bonds. The molecule has 0 N–H and O–H groups in total. The van der Waals surface area contributed by atoms with E-state index in [4.69, 9.17) is 4.74 Å². The van der Waals surface area contributed by atoms with Crippen LogP contribution in [-0.2, 0) is 0 Å². The van der Waals surface area contributed by atoms with E-state index in [-0.39, 0.29) is 0 Å². The predicted octanol–water partition coefficient (Wildman–Crippen LogP) is 3.01. The first-order chi connectivity index (χ1) is 8.36. The van der Waals surface area contributed by atoms with Crippen molar-refractivity contribution >= 4 is 5.65 Å². The van der Waals surface area contributed by atoms with Crippen LogP contribution in [0.15, 0.2) is 54.9 Å². The van der Waals surface area contributed by atoms with Crippen LogP contribution < -0.4 is 4.74 Å². The van der Waals surface area contributed by atoms with Crippen LogP contribution in [0.5, 0.6) is 5.75 Å². The lowest BCUT2D eigenvalue weighted by Crippen LogP contribution is -1.89. The topological polar surface area (TPSA) is 26.5 Å². The second-order valence-corrected chi connectivity index (χ2v) is 3.81. The summed E-state index contributed by atoms with van der Waals surface area (Å²) in [5.41, 5.74) is 3.02. The van der Waals surface area contributed by atoms with Gasteiger partial charge >= 0.3 is 0 Å². The van der Waals surface area contributed by atoms with Gasteiger partial charge in [0.2, 0.25) is 0 Å². The van der Waals surface area contributed by atoms with E-state index in [2.05, 4.69) is 4.98 Å². The number of fused-ring (bicyclic) bond motifs is 1. The van der Waals surface area contributed by atoms with E-state index < -0.39 is 0 Å². The van der Waals surface area contributed by atoms with Crippen molar-refractivity contribution in [2.24, 2.45) is 0 Å². The summed E-state index contributed by atoms with van der Waals surface area (Å²) < 4.78 is 7.13. The van der Waals surface area contributed by atoms with Crippen LogP contribution in [0.4, 0.5) is 0 Å². The Labute approximate surface area is 99.3 Å². The molecule has 84 valence electrons. The molecule has 0 bridgehead atoms. The Balaban J connectivity index is 2.06. The van der Waals surface area contributed by atoms with Crippen molar-refractivity contribution < 1.29 is 4.74 Å². The van der Waals surface area contributed by atoms with Crippen LogP contribution in [-0.4, -0.2) is 16.5 Å². The Bertz CT molecular complexity index is 641. The first-order valence-corrected chi connectivity index (χ1v) is 5.45. The number of methoxy groups -OCH3 is 1. The summed E-state index contributed by atoms with van der Waals surface area (Å²) in [7, 11) is 1.67. The Kier molecular flexibility index (Phi) is 2.29. The first-order valence-electron chi connectivity index (χ1n) is 5.45. The number of nitrogens with zero attached hydrogens (tertiary/aromatic N) is 2. The summed E-state index contributed by atoms with van der Waals surface area (Å²) in [6.07, 6.45) is 4.00. The van der Waals surface area contributed by atoms with Crippen LogP contribution in [0.25, 0.3) is 16.9 Å². The van der Waals surface area contributed by atoms with Gasteiger partial charge in [-0.05, 0) is 42.5 Å². The van der Waals surface area contributed by atoms with E-state index in [0.29, 0.717) is 0 Å². The summed E-state index contributed by atoms with van der Waals surface area (Å²) in [6, 6.07) is 13.9. The molecule has 3 aromatic rings. The molecule has 17 heavy (non-hydrogen) atoms. The van der Waals surface area contributed by atoms with Gasteiger partial charge in [0.05, 0.1) is 12.8 Å². The fraction of sp³-hybridized carbons (Fsp3) is 0.0714. The molecule has 3 rings (SSSR count). The minimum atomic E-state index is 0.859. The quantitative estimate of drug-likeness (QED) is 0.669. The Morgan fingerprint density at radius 3 is 2.59 bits per heavy atom. The fourth-order valence-corrected chi connectivity index (χ4v) is 1.84. The fourth-order valence-electron chi connectivity index (χ4n) is 1.84. The maximum Gasteiger partial charge on any atom is 0.137 e. The molecule has 0 unspecified atom stereocenters. The van der Waals surface area contributed by atoms with Gasteiger partial charge in [-0.3, -0.25) is 0 Å². The maximum atomic E-state index is 5.14. The monoisotopic (exact) mass is 224 g/mol. The molecule has 0 aliphatic rings. The molecule has 2 aromatic heterocycles. The largest absolute Gasteiger partial charge is 0.497 e. The summed E-state index contributed by atoms with van der Waals surface area (Å²) in [4.78, 5) is 4.58. The second-order valence-electron chi connectivity index (χ2n) is 3.81. The molecule has 0 spiro atoms. The molecule has 3 heteroatoms. The van der Waals surface area contributed by atoms with Crippen LogP contribution in [0.2, 0.25) is 0 Å². The maximum absolute atomic E-state index is 5.14.